The van der Waals surface area contributed by atoms with E-state index in [1.165, 1.54) is 35.6 Å². The van der Waals surface area contributed by atoms with Crippen molar-refractivity contribution in [1.82, 2.24) is 0 Å². The Balaban J connectivity index is 1.47. The molecule has 1 aliphatic carbocycles. The van der Waals surface area contributed by atoms with Gasteiger partial charge in [-0.1, -0.05) is 30.3 Å². The molecule has 1 heterocycles. The lowest BCUT2D eigenvalue weighted by atomic mass is 9.92. The van der Waals surface area contributed by atoms with Crippen molar-refractivity contribution in [2.45, 2.75) is 30.6 Å². The summed E-state index contributed by atoms with van der Waals surface area (Å²) in [6.45, 7) is -0.558. The van der Waals surface area contributed by atoms with Gasteiger partial charge in [-0.3, -0.25) is 9.59 Å². The Labute approximate surface area is 200 Å². The van der Waals surface area contributed by atoms with Gasteiger partial charge < -0.3 is 10.1 Å². The first kappa shape index (κ1) is 23.8. The molecule has 0 bridgehead atoms. The molecule has 8 nitrogen and oxygen atoms in total. The average molecular weight is 499 g/mol. The Kier molecular flexibility index (Phi) is 6.92. The number of carbonyl (C=O) groups is 3. The number of aryl methyl sites for hydroxylation is 1. The summed E-state index contributed by atoms with van der Waals surface area (Å²) < 4.78 is 27.7. The molecule has 34 heavy (non-hydrogen) atoms. The van der Waals surface area contributed by atoms with Crippen molar-refractivity contribution in [2.75, 3.05) is 11.9 Å². The molecule has 0 spiro atoms. The molecule has 176 valence electrons. The SMILES string of the molecule is NS(=O)(=O)c1ccc(C(=O)OCC(=O)Nc2sc3c(c2C(=O)c2ccccc2)CCCC3)cc1. The first-order valence-corrected chi connectivity index (χ1v) is 12.9. The Morgan fingerprint density at radius 3 is 2.29 bits per heavy atom. The lowest BCUT2D eigenvalue weighted by molar-refractivity contribution is -0.119. The van der Waals surface area contributed by atoms with Crippen LogP contribution in [0.15, 0.2) is 59.5 Å². The molecule has 0 saturated carbocycles. The number of fused-ring (bicyclic) bond motifs is 1. The minimum atomic E-state index is -3.88. The van der Waals surface area contributed by atoms with Gasteiger partial charge in [0.05, 0.1) is 16.0 Å². The molecule has 0 radical (unpaired) electrons. The highest BCUT2D eigenvalue weighted by atomic mass is 32.2. The third kappa shape index (κ3) is 5.24. The third-order valence-corrected chi connectivity index (χ3v) is 7.58. The number of rotatable bonds is 7. The molecule has 3 aromatic rings. The van der Waals surface area contributed by atoms with Crippen molar-refractivity contribution in [3.63, 3.8) is 0 Å². The van der Waals surface area contributed by atoms with Crippen LogP contribution in [0.5, 0.6) is 0 Å². The molecule has 4 rings (SSSR count). The summed E-state index contributed by atoms with van der Waals surface area (Å²) >= 11 is 1.39. The number of esters is 1. The number of primary sulfonamides is 1. The van der Waals surface area contributed by atoms with Gasteiger partial charge in [-0.15, -0.1) is 11.3 Å². The van der Waals surface area contributed by atoms with Gasteiger partial charge in [0.25, 0.3) is 5.91 Å². The topological polar surface area (TPSA) is 133 Å². The smallest absolute Gasteiger partial charge is 0.338 e. The normalized spacial score (nSPS) is 13.1. The predicted octanol–water partition coefficient (Wildman–Crippen LogP) is 3.30. The second-order valence-corrected chi connectivity index (χ2v) is 10.5. The number of hydrogen-bond acceptors (Lipinski definition) is 7. The number of anilines is 1. The number of amides is 1. The van der Waals surface area contributed by atoms with E-state index in [-0.39, 0.29) is 16.2 Å². The Morgan fingerprint density at radius 1 is 0.941 bits per heavy atom. The van der Waals surface area contributed by atoms with E-state index in [4.69, 9.17) is 9.88 Å². The highest BCUT2D eigenvalue weighted by Gasteiger charge is 2.27. The number of nitrogens with two attached hydrogens (primary N) is 1. The number of sulfonamides is 1. The van der Waals surface area contributed by atoms with Crippen LogP contribution in [-0.2, 0) is 32.4 Å². The fourth-order valence-electron chi connectivity index (χ4n) is 3.79. The van der Waals surface area contributed by atoms with Gasteiger partial charge in [-0.25, -0.2) is 18.4 Å². The average Bonchev–Trinajstić information content (AvgIpc) is 3.19. The zero-order chi connectivity index (χ0) is 24.3. The second-order valence-electron chi connectivity index (χ2n) is 7.80. The monoisotopic (exact) mass is 498 g/mol. The van der Waals surface area contributed by atoms with Gasteiger partial charge in [0.15, 0.2) is 12.4 Å². The summed E-state index contributed by atoms with van der Waals surface area (Å²) in [6, 6.07) is 13.8. The highest BCUT2D eigenvalue weighted by Crippen LogP contribution is 2.39. The van der Waals surface area contributed by atoms with Gasteiger partial charge >= 0.3 is 5.97 Å². The highest BCUT2D eigenvalue weighted by molar-refractivity contribution is 7.89. The van der Waals surface area contributed by atoms with E-state index in [0.717, 1.165) is 36.1 Å². The Hall–Kier alpha value is -3.34. The van der Waals surface area contributed by atoms with E-state index in [0.29, 0.717) is 16.1 Å². The molecule has 0 aliphatic heterocycles. The summed E-state index contributed by atoms with van der Waals surface area (Å²) in [5.41, 5.74) is 2.10. The van der Waals surface area contributed by atoms with E-state index in [1.807, 2.05) is 6.07 Å². The summed E-state index contributed by atoms with van der Waals surface area (Å²) in [6.07, 6.45) is 3.64. The fraction of sp³-hybridized carbons (Fsp3) is 0.208. The molecular weight excluding hydrogens is 476 g/mol. The molecule has 10 heteroatoms. The minimum absolute atomic E-state index is 0.0757. The standard InChI is InChI=1S/C24H22N2O6S2/c25-34(30,31)17-12-10-16(11-13-17)24(29)32-14-20(27)26-23-21(18-8-4-5-9-19(18)33-23)22(28)15-6-2-1-3-7-15/h1-3,6-7,10-13H,4-5,8-9,14H2,(H,26,27)(H2,25,30,31). The summed E-state index contributed by atoms with van der Waals surface area (Å²) in [4.78, 5) is 39.0. The zero-order valence-corrected chi connectivity index (χ0v) is 19.7. The minimum Gasteiger partial charge on any atom is -0.452 e. The first-order chi connectivity index (χ1) is 16.2. The molecule has 2 aromatic carbocycles. The van der Waals surface area contributed by atoms with Gasteiger partial charge in [-0.2, -0.15) is 0 Å². The van der Waals surface area contributed by atoms with Crippen LogP contribution in [0.4, 0.5) is 5.00 Å². The van der Waals surface area contributed by atoms with Crippen LogP contribution in [0, 0.1) is 0 Å². The fourth-order valence-corrected chi connectivity index (χ4v) is 5.60. The number of hydrogen-bond donors (Lipinski definition) is 2. The molecule has 0 unspecified atom stereocenters. The van der Waals surface area contributed by atoms with Crippen LogP contribution < -0.4 is 10.5 Å². The maximum absolute atomic E-state index is 13.2. The van der Waals surface area contributed by atoms with Gasteiger partial charge in [0.2, 0.25) is 10.0 Å². The van der Waals surface area contributed by atoms with E-state index in [9.17, 15) is 22.8 Å². The van der Waals surface area contributed by atoms with E-state index in [1.54, 1.807) is 24.3 Å². The molecule has 0 saturated heterocycles. The Morgan fingerprint density at radius 2 is 1.62 bits per heavy atom. The van der Waals surface area contributed by atoms with Crippen LogP contribution in [0.25, 0.3) is 0 Å². The van der Waals surface area contributed by atoms with Crippen molar-refractivity contribution in [1.29, 1.82) is 0 Å². The molecule has 0 atom stereocenters. The summed E-state index contributed by atoms with van der Waals surface area (Å²) in [5.74, 6) is -1.51. The number of nitrogens with one attached hydrogen (secondary N) is 1. The third-order valence-electron chi connectivity index (χ3n) is 5.44. The van der Waals surface area contributed by atoms with Crippen molar-refractivity contribution in [2.24, 2.45) is 5.14 Å². The molecule has 3 N–H and O–H groups in total. The molecule has 1 aliphatic rings. The largest absolute Gasteiger partial charge is 0.452 e. The number of carbonyl (C=O) groups excluding carboxylic acids is 3. The molecule has 0 fully saturated rings. The molecule has 1 amide bonds. The van der Waals surface area contributed by atoms with Crippen molar-refractivity contribution >= 4 is 44.0 Å². The molecular formula is C24H22N2O6S2. The van der Waals surface area contributed by atoms with Crippen LogP contribution in [0.1, 0.15) is 49.6 Å². The van der Waals surface area contributed by atoms with Crippen molar-refractivity contribution in [3.8, 4) is 0 Å². The summed E-state index contributed by atoms with van der Waals surface area (Å²) in [7, 11) is -3.88. The van der Waals surface area contributed by atoms with E-state index in [2.05, 4.69) is 5.32 Å². The zero-order valence-electron chi connectivity index (χ0n) is 18.1. The Bertz CT molecular complexity index is 1350. The second kappa shape index (κ2) is 9.88. The maximum Gasteiger partial charge on any atom is 0.338 e. The van der Waals surface area contributed by atoms with Crippen LogP contribution in [0.3, 0.4) is 0 Å². The molecule has 1 aromatic heterocycles. The number of thiophene rings is 1. The maximum atomic E-state index is 13.2. The van der Waals surface area contributed by atoms with Gasteiger partial charge in [-0.05, 0) is 55.5 Å². The number of ketones is 1. The van der Waals surface area contributed by atoms with E-state index >= 15 is 0 Å². The number of ether oxygens (including phenoxy) is 1. The van der Waals surface area contributed by atoms with Crippen molar-refractivity contribution < 1.29 is 27.5 Å². The van der Waals surface area contributed by atoms with Crippen LogP contribution in [-0.4, -0.2) is 32.7 Å². The lowest BCUT2D eigenvalue weighted by Crippen LogP contribution is -2.22. The van der Waals surface area contributed by atoms with Crippen LogP contribution >= 0.6 is 11.3 Å². The van der Waals surface area contributed by atoms with Gasteiger partial charge in [0, 0.05) is 10.4 Å². The quantitative estimate of drug-likeness (QED) is 0.379. The van der Waals surface area contributed by atoms with Crippen LogP contribution in [0.2, 0.25) is 0 Å². The first-order valence-electron chi connectivity index (χ1n) is 10.6. The van der Waals surface area contributed by atoms with Crippen molar-refractivity contribution in [3.05, 3.63) is 81.7 Å². The summed E-state index contributed by atoms with van der Waals surface area (Å²) in [5, 5.41) is 8.24. The lowest BCUT2D eigenvalue weighted by Gasteiger charge is -2.12. The van der Waals surface area contributed by atoms with Gasteiger partial charge in [0.1, 0.15) is 5.00 Å². The number of benzene rings is 2. The predicted molar refractivity (Wildman–Crippen MR) is 128 cm³/mol. The van der Waals surface area contributed by atoms with E-state index < -0.39 is 28.5 Å².